The van der Waals surface area contributed by atoms with Crippen molar-refractivity contribution >= 4 is 17.5 Å². The first-order valence-corrected chi connectivity index (χ1v) is 8.15. The fraction of sp³-hybridized carbons (Fsp3) is 0.222. The molecule has 0 aliphatic heterocycles. The highest BCUT2D eigenvalue weighted by Crippen LogP contribution is 2.20. The Labute approximate surface area is 150 Å². The molecule has 3 rings (SSSR count). The zero-order valence-corrected chi connectivity index (χ0v) is 14.7. The second-order valence-electron chi connectivity index (χ2n) is 6.13. The molecule has 0 aliphatic carbocycles. The van der Waals surface area contributed by atoms with Crippen LogP contribution in [0.15, 0.2) is 42.7 Å². The number of hydrogen-bond acceptors (Lipinski definition) is 4. The summed E-state index contributed by atoms with van der Waals surface area (Å²) in [5, 5.41) is 13.1. The lowest BCUT2D eigenvalue weighted by molar-refractivity contribution is 0.262. The molecule has 0 unspecified atom stereocenters. The van der Waals surface area contributed by atoms with Gasteiger partial charge in [-0.05, 0) is 50.6 Å². The van der Waals surface area contributed by atoms with Crippen LogP contribution < -0.4 is 10.6 Å². The van der Waals surface area contributed by atoms with Crippen molar-refractivity contribution in [1.29, 1.82) is 0 Å². The largest absolute Gasteiger partial charge is 0.324 e. The predicted octanol–water partition coefficient (Wildman–Crippen LogP) is 4.01. The third kappa shape index (κ3) is 3.85. The van der Waals surface area contributed by atoms with Crippen molar-refractivity contribution in [2.45, 2.75) is 26.8 Å². The quantitative estimate of drug-likeness (QED) is 0.741. The van der Waals surface area contributed by atoms with E-state index in [9.17, 15) is 9.18 Å². The van der Waals surface area contributed by atoms with E-state index in [-0.39, 0.29) is 11.7 Å². The molecule has 26 heavy (non-hydrogen) atoms. The van der Waals surface area contributed by atoms with Gasteiger partial charge in [0.2, 0.25) is 0 Å². The molecule has 0 atom stereocenters. The van der Waals surface area contributed by atoms with Gasteiger partial charge in [-0.15, -0.1) is 10.2 Å². The summed E-state index contributed by atoms with van der Waals surface area (Å²) in [6.45, 7) is 5.80. The molecule has 2 aromatic heterocycles. The Bertz CT molecular complexity index is 937. The lowest BCUT2D eigenvalue weighted by Crippen LogP contribution is -2.21. The number of urea groups is 1. The van der Waals surface area contributed by atoms with E-state index in [0.29, 0.717) is 17.3 Å². The monoisotopic (exact) mass is 354 g/mol. The van der Waals surface area contributed by atoms with Crippen LogP contribution in [-0.4, -0.2) is 25.8 Å². The Hall–Kier alpha value is -3.29. The van der Waals surface area contributed by atoms with Crippen LogP contribution in [0, 0.1) is 12.7 Å². The van der Waals surface area contributed by atoms with Crippen LogP contribution in [0.5, 0.6) is 0 Å². The van der Waals surface area contributed by atoms with E-state index in [0.717, 1.165) is 5.56 Å². The minimum absolute atomic E-state index is 0.101. The van der Waals surface area contributed by atoms with E-state index >= 15 is 0 Å². The molecule has 7 nitrogen and oxygen atoms in total. The van der Waals surface area contributed by atoms with Crippen molar-refractivity contribution in [3.63, 3.8) is 0 Å². The molecule has 1 aromatic carbocycles. The fourth-order valence-electron chi connectivity index (χ4n) is 2.42. The average Bonchev–Trinajstić information content (AvgIpc) is 3.08. The topological polar surface area (TPSA) is 84.7 Å². The maximum absolute atomic E-state index is 13.8. The van der Waals surface area contributed by atoms with E-state index in [1.54, 1.807) is 37.5 Å². The number of carbonyl (C=O) groups is 1. The Kier molecular flexibility index (Phi) is 4.92. The molecule has 2 N–H and O–H groups in total. The Morgan fingerprint density at radius 3 is 2.73 bits per heavy atom. The first-order chi connectivity index (χ1) is 12.4. The summed E-state index contributed by atoms with van der Waals surface area (Å²) >= 11 is 0. The number of nitrogens with zero attached hydrogens (tertiary/aromatic N) is 4. The summed E-state index contributed by atoms with van der Waals surface area (Å²) in [5.74, 6) is 0.436. The number of aromatic nitrogens is 4. The van der Waals surface area contributed by atoms with Crippen LogP contribution in [0.3, 0.4) is 0 Å². The van der Waals surface area contributed by atoms with Crippen molar-refractivity contribution in [2.75, 3.05) is 10.6 Å². The zero-order chi connectivity index (χ0) is 18.7. The molecular formula is C18H19FN6O. The molecule has 8 heteroatoms. The maximum Gasteiger partial charge on any atom is 0.324 e. The highest BCUT2D eigenvalue weighted by atomic mass is 19.1. The molecule has 0 aliphatic rings. The van der Waals surface area contributed by atoms with E-state index in [1.807, 2.05) is 18.4 Å². The normalized spacial score (nSPS) is 10.8. The van der Waals surface area contributed by atoms with Gasteiger partial charge in [-0.2, -0.15) is 0 Å². The van der Waals surface area contributed by atoms with Gasteiger partial charge in [0.05, 0.1) is 5.69 Å². The molecule has 0 fully saturated rings. The summed E-state index contributed by atoms with van der Waals surface area (Å²) < 4.78 is 15.7. The van der Waals surface area contributed by atoms with Gasteiger partial charge in [0, 0.05) is 6.04 Å². The number of amides is 2. The molecule has 0 saturated carbocycles. The van der Waals surface area contributed by atoms with E-state index < -0.39 is 11.8 Å². The van der Waals surface area contributed by atoms with Crippen molar-refractivity contribution in [2.24, 2.45) is 0 Å². The standard InChI is InChI=1S/C18H19FN6O/c1-11(2)25-10-20-24-17(25)15-5-4-6-16(21-15)23-18(26)22-14-8-7-12(3)9-13(14)19/h4-11H,1-3H3,(H2,21,22,23,26). The van der Waals surface area contributed by atoms with Crippen LogP contribution in [0.4, 0.5) is 20.7 Å². The number of carbonyl (C=O) groups excluding carboxylic acids is 1. The summed E-state index contributed by atoms with van der Waals surface area (Å²) in [5.41, 5.74) is 1.46. The summed E-state index contributed by atoms with van der Waals surface area (Å²) in [4.78, 5) is 16.5. The van der Waals surface area contributed by atoms with Gasteiger partial charge in [-0.1, -0.05) is 12.1 Å². The van der Waals surface area contributed by atoms with Crippen molar-refractivity contribution in [3.05, 3.63) is 54.1 Å². The first kappa shape index (κ1) is 17.5. The van der Waals surface area contributed by atoms with Gasteiger partial charge in [-0.25, -0.2) is 14.2 Å². The minimum atomic E-state index is -0.581. The third-order valence-electron chi connectivity index (χ3n) is 3.72. The summed E-state index contributed by atoms with van der Waals surface area (Å²) in [6, 6.07) is 9.36. The second kappa shape index (κ2) is 7.30. The van der Waals surface area contributed by atoms with E-state index in [2.05, 4.69) is 25.8 Å². The molecule has 0 spiro atoms. The van der Waals surface area contributed by atoms with E-state index in [1.165, 1.54) is 12.1 Å². The van der Waals surface area contributed by atoms with Crippen LogP contribution in [0.1, 0.15) is 25.5 Å². The third-order valence-corrected chi connectivity index (χ3v) is 3.72. The predicted molar refractivity (Wildman–Crippen MR) is 97.4 cm³/mol. The number of halogens is 1. The molecule has 2 heterocycles. The maximum atomic E-state index is 13.8. The lowest BCUT2D eigenvalue weighted by Gasteiger charge is -2.11. The minimum Gasteiger partial charge on any atom is -0.310 e. The van der Waals surface area contributed by atoms with Crippen LogP contribution >= 0.6 is 0 Å². The molecule has 134 valence electrons. The van der Waals surface area contributed by atoms with Gasteiger partial charge in [-0.3, -0.25) is 5.32 Å². The fourth-order valence-corrected chi connectivity index (χ4v) is 2.42. The number of nitrogens with one attached hydrogen (secondary N) is 2. The van der Waals surface area contributed by atoms with Gasteiger partial charge in [0.25, 0.3) is 0 Å². The second-order valence-corrected chi connectivity index (χ2v) is 6.13. The molecule has 3 aromatic rings. The van der Waals surface area contributed by atoms with Gasteiger partial charge in [0.1, 0.15) is 23.7 Å². The zero-order valence-electron chi connectivity index (χ0n) is 14.7. The lowest BCUT2D eigenvalue weighted by atomic mass is 10.2. The molecule has 2 amide bonds. The Balaban J connectivity index is 1.76. The smallest absolute Gasteiger partial charge is 0.310 e. The van der Waals surface area contributed by atoms with Gasteiger partial charge < -0.3 is 9.88 Å². The number of benzene rings is 1. The van der Waals surface area contributed by atoms with Crippen LogP contribution in [0.2, 0.25) is 0 Å². The molecular weight excluding hydrogens is 335 g/mol. The van der Waals surface area contributed by atoms with Crippen molar-refractivity contribution < 1.29 is 9.18 Å². The molecule has 0 radical (unpaired) electrons. The van der Waals surface area contributed by atoms with Crippen molar-refractivity contribution in [3.8, 4) is 11.5 Å². The van der Waals surface area contributed by atoms with Crippen LogP contribution in [-0.2, 0) is 0 Å². The Morgan fingerprint density at radius 2 is 2.00 bits per heavy atom. The van der Waals surface area contributed by atoms with Crippen LogP contribution in [0.25, 0.3) is 11.5 Å². The highest BCUT2D eigenvalue weighted by molar-refractivity contribution is 5.99. The molecule has 0 saturated heterocycles. The van der Waals surface area contributed by atoms with E-state index in [4.69, 9.17) is 0 Å². The number of rotatable bonds is 4. The molecule has 0 bridgehead atoms. The van der Waals surface area contributed by atoms with Crippen molar-refractivity contribution in [1.82, 2.24) is 19.7 Å². The first-order valence-electron chi connectivity index (χ1n) is 8.15. The SMILES string of the molecule is Cc1ccc(NC(=O)Nc2cccc(-c3nncn3C(C)C)n2)c(F)c1. The summed E-state index contributed by atoms with van der Waals surface area (Å²) in [6.07, 6.45) is 1.63. The van der Waals surface area contributed by atoms with Gasteiger partial charge >= 0.3 is 6.03 Å². The number of hydrogen-bond donors (Lipinski definition) is 2. The average molecular weight is 354 g/mol. The summed E-state index contributed by atoms with van der Waals surface area (Å²) in [7, 11) is 0. The number of pyridine rings is 1. The van der Waals surface area contributed by atoms with Gasteiger partial charge in [0.15, 0.2) is 5.82 Å². The number of anilines is 2. The highest BCUT2D eigenvalue weighted by Gasteiger charge is 2.13. The Morgan fingerprint density at radius 1 is 1.19 bits per heavy atom. The number of aryl methyl sites for hydroxylation is 1.